The summed E-state index contributed by atoms with van der Waals surface area (Å²) in [6.07, 6.45) is -0.0255. The molecule has 1 aromatic carbocycles. The molecular weight excluding hydrogens is 236 g/mol. The Balaban J connectivity index is 2.96. The van der Waals surface area contributed by atoms with Gasteiger partial charge in [0.05, 0.1) is 25.2 Å². The zero-order valence-electron chi connectivity index (χ0n) is 10.4. The predicted octanol–water partition coefficient (Wildman–Crippen LogP) is 1.67. The van der Waals surface area contributed by atoms with Crippen molar-refractivity contribution in [1.82, 2.24) is 0 Å². The average Bonchev–Trinajstić information content (AvgIpc) is 2.32. The summed E-state index contributed by atoms with van der Waals surface area (Å²) >= 11 is 0. The molecule has 0 amide bonds. The van der Waals surface area contributed by atoms with E-state index in [0.29, 0.717) is 5.56 Å². The molecule has 0 spiro atoms. The summed E-state index contributed by atoms with van der Waals surface area (Å²) in [7, 11) is 0. The highest BCUT2D eigenvalue weighted by Gasteiger charge is 2.16. The number of benzene rings is 1. The van der Waals surface area contributed by atoms with Crippen molar-refractivity contribution in [2.75, 3.05) is 13.2 Å². The second kappa shape index (κ2) is 6.64. The van der Waals surface area contributed by atoms with Crippen molar-refractivity contribution in [2.45, 2.75) is 20.3 Å². The number of phenols is 1. The number of ether oxygens (including phenoxy) is 2. The smallest absolute Gasteiger partial charge is 0.338 e. The first-order chi connectivity index (χ1) is 8.58. The molecule has 0 aliphatic rings. The first-order valence-corrected chi connectivity index (χ1v) is 5.73. The van der Waals surface area contributed by atoms with Crippen LogP contribution in [0.2, 0.25) is 0 Å². The number of esters is 2. The van der Waals surface area contributed by atoms with Gasteiger partial charge < -0.3 is 14.6 Å². The molecule has 0 aliphatic heterocycles. The zero-order chi connectivity index (χ0) is 13.5. The van der Waals surface area contributed by atoms with Crippen molar-refractivity contribution in [3.63, 3.8) is 0 Å². The second-order valence-corrected chi connectivity index (χ2v) is 3.54. The highest BCUT2D eigenvalue weighted by Crippen LogP contribution is 2.18. The van der Waals surface area contributed by atoms with Crippen LogP contribution in [-0.4, -0.2) is 30.3 Å². The van der Waals surface area contributed by atoms with Crippen molar-refractivity contribution >= 4 is 11.9 Å². The molecule has 1 aromatic rings. The van der Waals surface area contributed by atoms with Crippen LogP contribution < -0.4 is 0 Å². The van der Waals surface area contributed by atoms with E-state index in [1.54, 1.807) is 13.8 Å². The Labute approximate surface area is 105 Å². The Kier molecular flexibility index (Phi) is 5.17. The van der Waals surface area contributed by atoms with Gasteiger partial charge in [0.1, 0.15) is 5.75 Å². The maximum absolute atomic E-state index is 11.7. The van der Waals surface area contributed by atoms with Gasteiger partial charge in [0, 0.05) is 0 Å². The standard InChI is InChI=1S/C13H16O5/c1-3-17-12(15)7-9-5-6-10(14)8-11(9)13(16)18-4-2/h5-6,8,14H,3-4,7H2,1-2H3. The molecule has 5 heteroatoms. The van der Waals surface area contributed by atoms with Gasteiger partial charge in [-0.05, 0) is 31.5 Å². The van der Waals surface area contributed by atoms with E-state index in [9.17, 15) is 14.7 Å². The lowest BCUT2D eigenvalue weighted by molar-refractivity contribution is -0.142. The Hall–Kier alpha value is -2.04. The predicted molar refractivity (Wildman–Crippen MR) is 64.4 cm³/mol. The van der Waals surface area contributed by atoms with Gasteiger partial charge in [-0.1, -0.05) is 6.07 Å². The summed E-state index contributed by atoms with van der Waals surface area (Å²) in [4.78, 5) is 23.1. The SMILES string of the molecule is CCOC(=O)Cc1ccc(O)cc1C(=O)OCC. The van der Waals surface area contributed by atoms with E-state index in [1.165, 1.54) is 18.2 Å². The van der Waals surface area contributed by atoms with Gasteiger partial charge in [-0.3, -0.25) is 4.79 Å². The molecule has 0 saturated heterocycles. The van der Waals surface area contributed by atoms with Crippen LogP contribution in [0.1, 0.15) is 29.8 Å². The fraction of sp³-hybridized carbons (Fsp3) is 0.385. The first kappa shape index (κ1) is 14.0. The molecule has 1 rings (SSSR count). The molecule has 5 nitrogen and oxygen atoms in total. The van der Waals surface area contributed by atoms with E-state index in [2.05, 4.69) is 0 Å². The van der Waals surface area contributed by atoms with Crippen LogP contribution in [0.15, 0.2) is 18.2 Å². The summed E-state index contributed by atoms with van der Waals surface area (Å²) in [5, 5.41) is 9.37. The molecule has 0 bridgehead atoms. The third kappa shape index (κ3) is 3.76. The number of hydrogen-bond acceptors (Lipinski definition) is 5. The quantitative estimate of drug-likeness (QED) is 0.807. The maximum atomic E-state index is 11.7. The Morgan fingerprint density at radius 2 is 1.83 bits per heavy atom. The van der Waals surface area contributed by atoms with Crippen LogP contribution in [0.25, 0.3) is 0 Å². The maximum Gasteiger partial charge on any atom is 0.338 e. The highest BCUT2D eigenvalue weighted by atomic mass is 16.5. The molecule has 0 saturated carbocycles. The largest absolute Gasteiger partial charge is 0.508 e. The van der Waals surface area contributed by atoms with Crippen LogP contribution in [0.5, 0.6) is 5.75 Å². The third-order valence-corrected chi connectivity index (χ3v) is 2.23. The second-order valence-electron chi connectivity index (χ2n) is 3.54. The van der Waals surface area contributed by atoms with Gasteiger partial charge in [-0.2, -0.15) is 0 Å². The van der Waals surface area contributed by atoms with Gasteiger partial charge in [-0.25, -0.2) is 4.79 Å². The van der Waals surface area contributed by atoms with Gasteiger partial charge in [0.25, 0.3) is 0 Å². The van der Waals surface area contributed by atoms with Crippen LogP contribution in [0.3, 0.4) is 0 Å². The number of hydrogen-bond donors (Lipinski definition) is 1. The normalized spacial score (nSPS) is 9.89. The van der Waals surface area contributed by atoms with E-state index < -0.39 is 11.9 Å². The zero-order valence-corrected chi connectivity index (χ0v) is 10.4. The van der Waals surface area contributed by atoms with Crippen molar-refractivity contribution in [3.8, 4) is 5.75 Å². The fourth-order valence-corrected chi connectivity index (χ4v) is 1.48. The fourth-order valence-electron chi connectivity index (χ4n) is 1.48. The van der Waals surface area contributed by atoms with E-state index in [4.69, 9.17) is 9.47 Å². The molecule has 0 aromatic heterocycles. The summed E-state index contributed by atoms with van der Waals surface area (Å²) in [5.41, 5.74) is 0.662. The molecule has 0 radical (unpaired) electrons. The number of aromatic hydroxyl groups is 1. The molecule has 0 unspecified atom stereocenters. The Morgan fingerprint density at radius 1 is 1.17 bits per heavy atom. The lowest BCUT2D eigenvalue weighted by Crippen LogP contribution is -2.13. The lowest BCUT2D eigenvalue weighted by atomic mass is 10.0. The van der Waals surface area contributed by atoms with Crippen LogP contribution in [-0.2, 0) is 20.7 Å². The monoisotopic (exact) mass is 252 g/mol. The van der Waals surface area contributed by atoms with E-state index in [-0.39, 0.29) is 30.9 Å². The van der Waals surface area contributed by atoms with E-state index in [1.807, 2.05) is 0 Å². The average molecular weight is 252 g/mol. The number of carbonyl (C=O) groups excluding carboxylic acids is 2. The first-order valence-electron chi connectivity index (χ1n) is 5.73. The molecule has 0 atom stereocenters. The molecule has 0 heterocycles. The number of rotatable bonds is 5. The van der Waals surface area contributed by atoms with Crippen molar-refractivity contribution in [2.24, 2.45) is 0 Å². The number of carbonyl (C=O) groups is 2. The van der Waals surface area contributed by atoms with Gasteiger partial charge in [0.2, 0.25) is 0 Å². The van der Waals surface area contributed by atoms with Crippen LogP contribution >= 0.6 is 0 Å². The van der Waals surface area contributed by atoms with Crippen molar-refractivity contribution in [1.29, 1.82) is 0 Å². The van der Waals surface area contributed by atoms with Crippen LogP contribution in [0, 0.1) is 0 Å². The minimum atomic E-state index is -0.562. The molecule has 98 valence electrons. The Morgan fingerprint density at radius 3 is 2.44 bits per heavy atom. The van der Waals surface area contributed by atoms with E-state index in [0.717, 1.165) is 0 Å². The lowest BCUT2D eigenvalue weighted by Gasteiger charge is -2.09. The summed E-state index contributed by atoms with van der Waals surface area (Å²) < 4.78 is 9.68. The number of phenolic OH excluding ortho intramolecular Hbond substituents is 1. The Bertz CT molecular complexity index is 439. The summed E-state index contributed by atoms with van der Waals surface area (Å²) in [6, 6.07) is 4.21. The topological polar surface area (TPSA) is 72.8 Å². The van der Waals surface area contributed by atoms with Crippen LogP contribution in [0.4, 0.5) is 0 Å². The minimum absolute atomic E-state index is 0.0255. The molecular formula is C13H16O5. The molecule has 18 heavy (non-hydrogen) atoms. The van der Waals surface area contributed by atoms with Crippen molar-refractivity contribution in [3.05, 3.63) is 29.3 Å². The van der Waals surface area contributed by atoms with E-state index >= 15 is 0 Å². The minimum Gasteiger partial charge on any atom is -0.508 e. The molecule has 0 aliphatic carbocycles. The van der Waals surface area contributed by atoms with Gasteiger partial charge >= 0.3 is 11.9 Å². The van der Waals surface area contributed by atoms with Crippen molar-refractivity contribution < 1.29 is 24.2 Å². The van der Waals surface area contributed by atoms with Gasteiger partial charge in [0.15, 0.2) is 0 Å². The molecule has 0 fully saturated rings. The summed E-state index contributed by atoms with van der Waals surface area (Å²) in [5.74, 6) is -1.04. The summed E-state index contributed by atoms with van der Waals surface area (Å²) in [6.45, 7) is 3.91. The van der Waals surface area contributed by atoms with Gasteiger partial charge in [-0.15, -0.1) is 0 Å². The molecule has 1 N–H and O–H groups in total. The third-order valence-electron chi connectivity index (χ3n) is 2.23. The highest BCUT2D eigenvalue weighted by molar-refractivity contribution is 5.93.